The summed E-state index contributed by atoms with van der Waals surface area (Å²) in [6.45, 7) is 3.26. The van der Waals surface area contributed by atoms with Crippen molar-refractivity contribution in [3.8, 4) is 0 Å². The maximum absolute atomic E-state index is 15.0. The SMILES string of the molecule is CNC(=S)NC[C@H]1CN(c2ccc(C3CCN(Cc4cnccn4)CC3)c(F)c2)C(=O)O1. The Hall–Kier alpha value is -2.85. The molecule has 4 rings (SSSR count). The van der Waals surface area contributed by atoms with E-state index in [1.807, 2.05) is 6.07 Å². The zero-order valence-corrected chi connectivity index (χ0v) is 18.8. The summed E-state index contributed by atoms with van der Waals surface area (Å²) in [5.41, 5.74) is 2.16. The summed E-state index contributed by atoms with van der Waals surface area (Å²) in [5.74, 6) is -0.118. The van der Waals surface area contributed by atoms with Crippen molar-refractivity contribution < 1.29 is 13.9 Å². The molecule has 1 aromatic heterocycles. The largest absolute Gasteiger partial charge is 0.442 e. The predicted molar refractivity (Wildman–Crippen MR) is 123 cm³/mol. The lowest BCUT2D eigenvalue weighted by Gasteiger charge is -2.32. The van der Waals surface area contributed by atoms with Gasteiger partial charge in [0.25, 0.3) is 0 Å². The molecular weight excluding hydrogens is 431 g/mol. The maximum Gasteiger partial charge on any atom is 0.414 e. The molecule has 3 heterocycles. The van der Waals surface area contributed by atoms with Gasteiger partial charge in [-0.1, -0.05) is 6.07 Å². The molecule has 32 heavy (non-hydrogen) atoms. The average molecular weight is 459 g/mol. The summed E-state index contributed by atoms with van der Waals surface area (Å²) in [5, 5.41) is 6.27. The van der Waals surface area contributed by atoms with Crippen molar-refractivity contribution in [2.75, 3.05) is 38.1 Å². The molecule has 0 spiro atoms. The van der Waals surface area contributed by atoms with Gasteiger partial charge in [-0.25, -0.2) is 9.18 Å². The number of thiocarbonyl (C=S) groups is 1. The number of hydrogen-bond donors (Lipinski definition) is 2. The molecule has 1 aromatic carbocycles. The summed E-state index contributed by atoms with van der Waals surface area (Å²) in [4.78, 5) is 24.5. The maximum atomic E-state index is 15.0. The summed E-state index contributed by atoms with van der Waals surface area (Å²) in [6, 6.07) is 5.05. The molecule has 2 N–H and O–H groups in total. The van der Waals surface area contributed by atoms with Crippen molar-refractivity contribution in [3.05, 3.63) is 53.9 Å². The van der Waals surface area contributed by atoms with Crippen molar-refractivity contribution in [1.29, 1.82) is 0 Å². The van der Waals surface area contributed by atoms with Gasteiger partial charge in [0.05, 0.1) is 24.5 Å². The van der Waals surface area contributed by atoms with Gasteiger partial charge < -0.3 is 15.4 Å². The number of benzene rings is 1. The number of nitrogens with one attached hydrogen (secondary N) is 2. The topological polar surface area (TPSA) is 82.6 Å². The molecular formula is C22H27FN6O2S. The van der Waals surface area contributed by atoms with E-state index in [0.717, 1.165) is 38.2 Å². The number of nitrogens with zero attached hydrogens (tertiary/aromatic N) is 4. The molecule has 2 aromatic rings. The molecule has 2 aliphatic heterocycles. The minimum absolute atomic E-state index is 0.159. The number of amides is 1. The fourth-order valence-corrected chi connectivity index (χ4v) is 4.27. The summed E-state index contributed by atoms with van der Waals surface area (Å²) in [7, 11) is 1.72. The second-order valence-electron chi connectivity index (χ2n) is 8.03. The van der Waals surface area contributed by atoms with Crippen molar-refractivity contribution in [2.24, 2.45) is 0 Å². The molecule has 2 aliphatic rings. The number of hydrogen-bond acceptors (Lipinski definition) is 6. The Morgan fingerprint density at radius 2 is 2.12 bits per heavy atom. The van der Waals surface area contributed by atoms with Gasteiger partial charge in [0.15, 0.2) is 5.11 Å². The van der Waals surface area contributed by atoms with Crippen LogP contribution >= 0.6 is 12.2 Å². The smallest absolute Gasteiger partial charge is 0.414 e. The molecule has 0 radical (unpaired) electrons. The Morgan fingerprint density at radius 3 is 2.81 bits per heavy atom. The van der Waals surface area contributed by atoms with Gasteiger partial charge in [0, 0.05) is 32.2 Å². The third-order valence-corrected chi connectivity index (χ3v) is 6.27. The van der Waals surface area contributed by atoms with E-state index < -0.39 is 6.09 Å². The van der Waals surface area contributed by atoms with Crippen LogP contribution in [0, 0.1) is 5.82 Å². The molecule has 2 saturated heterocycles. The van der Waals surface area contributed by atoms with Gasteiger partial charge >= 0.3 is 6.09 Å². The fourth-order valence-electron chi connectivity index (χ4n) is 4.19. The highest BCUT2D eigenvalue weighted by molar-refractivity contribution is 7.80. The van der Waals surface area contributed by atoms with Crippen LogP contribution in [0.2, 0.25) is 0 Å². The van der Waals surface area contributed by atoms with Crippen LogP contribution in [0.4, 0.5) is 14.9 Å². The molecule has 2 fully saturated rings. The monoisotopic (exact) mass is 458 g/mol. The number of rotatable bonds is 6. The number of halogens is 1. The quantitative estimate of drug-likeness (QED) is 0.639. The van der Waals surface area contributed by atoms with E-state index in [4.69, 9.17) is 17.0 Å². The van der Waals surface area contributed by atoms with Crippen LogP contribution in [0.15, 0.2) is 36.8 Å². The standard InChI is InChI=1S/C22H27FN6O2S/c1-24-21(32)27-12-18-14-29(22(30)31-18)17-2-3-19(20(23)10-17)15-4-8-28(9-5-15)13-16-11-25-6-7-26-16/h2-3,6-7,10-11,15,18H,4-5,8-9,12-14H2,1H3,(H2,24,27,32)/t18-/m0/s1. The molecule has 1 amide bonds. The third kappa shape index (κ3) is 5.31. The van der Waals surface area contributed by atoms with Crippen LogP contribution in [0.5, 0.6) is 0 Å². The van der Waals surface area contributed by atoms with E-state index in [1.54, 1.807) is 31.7 Å². The number of piperidine rings is 1. The zero-order chi connectivity index (χ0) is 22.5. The highest BCUT2D eigenvalue weighted by atomic mass is 32.1. The second-order valence-corrected chi connectivity index (χ2v) is 8.44. The van der Waals surface area contributed by atoms with Crippen molar-refractivity contribution in [1.82, 2.24) is 25.5 Å². The van der Waals surface area contributed by atoms with Crippen molar-refractivity contribution in [2.45, 2.75) is 31.4 Å². The number of ether oxygens (including phenoxy) is 1. The van der Waals surface area contributed by atoms with E-state index in [1.165, 1.54) is 11.0 Å². The summed E-state index contributed by atoms with van der Waals surface area (Å²) in [6.07, 6.45) is 6.07. The number of likely N-dealkylation sites (tertiary alicyclic amines) is 1. The Balaban J connectivity index is 1.33. The lowest BCUT2D eigenvalue weighted by Crippen LogP contribution is -2.39. The second kappa shape index (κ2) is 10.2. The van der Waals surface area contributed by atoms with Crippen LogP contribution < -0.4 is 15.5 Å². The first-order chi connectivity index (χ1) is 15.5. The minimum Gasteiger partial charge on any atom is -0.442 e. The van der Waals surface area contributed by atoms with Crippen molar-refractivity contribution in [3.63, 3.8) is 0 Å². The van der Waals surface area contributed by atoms with E-state index in [2.05, 4.69) is 25.5 Å². The predicted octanol–water partition coefficient (Wildman–Crippen LogP) is 2.41. The lowest BCUT2D eigenvalue weighted by atomic mass is 9.89. The van der Waals surface area contributed by atoms with E-state index in [9.17, 15) is 4.79 Å². The number of carbonyl (C=O) groups is 1. The van der Waals surface area contributed by atoms with Crippen molar-refractivity contribution >= 4 is 29.1 Å². The van der Waals surface area contributed by atoms with Gasteiger partial charge in [-0.3, -0.25) is 19.8 Å². The molecule has 0 saturated carbocycles. The van der Waals surface area contributed by atoms with Crippen LogP contribution in [-0.4, -0.2) is 65.4 Å². The highest BCUT2D eigenvalue weighted by Crippen LogP contribution is 2.33. The molecule has 170 valence electrons. The zero-order valence-electron chi connectivity index (χ0n) is 18.0. The van der Waals surface area contributed by atoms with Crippen LogP contribution in [0.25, 0.3) is 0 Å². The molecule has 8 nitrogen and oxygen atoms in total. The van der Waals surface area contributed by atoms with Gasteiger partial charge in [-0.2, -0.15) is 0 Å². The molecule has 0 unspecified atom stereocenters. The van der Waals surface area contributed by atoms with Crippen LogP contribution in [0.3, 0.4) is 0 Å². The Labute approximate surface area is 192 Å². The van der Waals surface area contributed by atoms with E-state index >= 15 is 4.39 Å². The highest BCUT2D eigenvalue weighted by Gasteiger charge is 2.33. The molecule has 10 heteroatoms. The van der Waals surface area contributed by atoms with Gasteiger partial charge in [-0.15, -0.1) is 0 Å². The normalized spacial score (nSPS) is 19.6. The number of carbonyl (C=O) groups excluding carboxylic acids is 1. The third-order valence-electron chi connectivity index (χ3n) is 5.92. The van der Waals surface area contributed by atoms with E-state index in [-0.39, 0.29) is 17.8 Å². The summed E-state index contributed by atoms with van der Waals surface area (Å²) >= 11 is 5.04. The first-order valence-electron chi connectivity index (χ1n) is 10.7. The Kier molecular flexibility index (Phi) is 7.11. The van der Waals surface area contributed by atoms with E-state index in [0.29, 0.717) is 29.5 Å². The van der Waals surface area contributed by atoms with Crippen LogP contribution in [0.1, 0.15) is 30.0 Å². The summed E-state index contributed by atoms with van der Waals surface area (Å²) < 4.78 is 20.4. The molecule has 0 bridgehead atoms. The minimum atomic E-state index is -0.475. The van der Waals surface area contributed by atoms with Gasteiger partial charge in [0.2, 0.25) is 0 Å². The van der Waals surface area contributed by atoms with Crippen LogP contribution in [-0.2, 0) is 11.3 Å². The number of aromatic nitrogens is 2. The van der Waals surface area contributed by atoms with Gasteiger partial charge in [-0.05, 0) is 61.8 Å². The fraction of sp³-hybridized carbons (Fsp3) is 0.455. The first kappa shape index (κ1) is 22.3. The Morgan fingerprint density at radius 1 is 1.31 bits per heavy atom. The average Bonchev–Trinajstić information content (AvgIpc) is 3.19. The lowest BCUT2D eigenvalue weighted by molar-refractivity contribution is 0.143. The van der Waals surface area contributed by atoms with Gasteiger partial charge in [0.1, 0.15) is 11.9 Å². The number of anilines is 1. The molecule has 1 atom stereocenters. The molecule has 0 aliphatic carbocycles. The Bertz CT molecular complexity index is 955. The number of cyclic esters (lactones) is 1. The first-order valence-corrected chi connectivity index (χ1v) is 11.1.